The largest absolute Gasteiger partial charge is 0.497 e. The van der Waals surface area contributed by atoms with Gasteiger partial charge >= 0.3 is 5.97 Å². The number of hydrogen-bond acceptors (Lipinski definition) is 7. The third-order valence-electron chi connectivity index (χ3n) is 5.08. The van der Waals surface area contributed by atoms with Gasteiger partial charge in [-0.2, -0.15) is 0 Å². The molecule has 0 spiro atoms. The van der Waals surface area contributed by atoms with Crippen molar-refractivity contribution < 1.29 is 23.9 Å². The topological polar surface area (TPSA) is 84.9 Å². The summed E-state index contributed by atoms with van der Waals surface area (Å²) in [5.74, 6) is 0.216. The van der Waals surface area contributed by atoms with Crippen LogP contribution in [0.15, 0.2) is 54.6 Å². The Labute approximate surface area is 189 Å². The first-order valence-corrected chi connectivity index (χ1v) is 11.1. The number of ether oxygens (including phenoxy) is 2. The zero-order valence-corrected chi connectivity index (χ0v) is 18.3. The number of amides is 2. The minimum absolute atomic E-state index is 0.184. The molecule has 0 aromatic heterocycles. The molecule has 1 unspecified atom stereocenters. The highest BCUT2D eigenvalue weighted by Crippen LogP contribution is 2.37. The summed E-state index contributed by atoms with van der Waals surface area (Å²) in [6.07, 6.45) is 0.184. The fraction of sp³-hybridized carbons (Fsp3) is 0.273. The Morgan fingerprint density at radius 3 is 2.48 bits per heavy atom. The van der Waals surface area contributed by atoms with E-state index in [4.69, 9.17) is 21.7 Å². The third kappa shape index (κ3) is 4.42. The molecule has 2 aromatic carbocycles. The number of hydrogen-bond donors (Lipinski definition) is 1. The van der Waals surface area contributed by atoms with Crippen molar-refractivity contribution >= 4 is 46.6 Å². The summed E-state index contributed by atoms with van der Waals surface area (Å²) in [7, 11) is 1.55. The minimum atomic E-state index is -0.946. The summed E-state index contributed by atoms with van der Waals surface area (Å²) in [6.45, 7) is 0. The third-order valence-corrected chi connectivity index (χ3v) is 6.95. The van der Waals surface area contributed by atoms with Gasteiger partial charge in [-0.05, 0) is 29.8 Å². The number of benzene rings is 2. The maximum absolute atomic E-state index is 12.8. The highest BCUT2D eigenvalue weighted by molar-refractivity contribution is 8.02. The normalized spacial score (nSPS) is 22.2. The molecule has 31 heavy (non-hydrogen) atoms. The predicted octanol–water partition coefficient (Wildman–Crippen LogP) is 1.98. The molecule has 2 saturated heterocycles. The summed E-state index contributed by atoms with van der Waals surface area (Å²) in [4.78, 5) is 39.8. The van der Waals surface area contributed by atoms with Crippen LogP contribution in [0, 0.1) is 0 Å². The monoisotopic (exact) mass is 456 g/mol. The SMILES string of the molecule is COc1ccc(OC(=O)C2C(=S)CS[C@H]3[C@H](NC(=O)Cc4ccccc4)C(=O)N23)cc1. The van der Waals surface area contributed by atoms with Crippen molar-refractivity contribution in [3.8, 4) is 11.5 Å². The molecule has 0 bridgehead atoms. The van der Waals surface area contributed by atoms with Crippen molar-refractivity contribution in [2.75, 3.05) is 12.9 Å². The second kappa shape index (κ2) is 9.07. The maximum atomic E-state index is 12.8. The van der Waals surface area contributed by atoms with Crippen LogP contribution in [0.5, 0.6) is 11.5 Å². The Kier molecular flexibility index (Phi) is 6.24. The number of β-lactam (4-membered cyclic amide) rings is 1. The van der Waals surface area contributed by atoms with E-state index in [0.717, 1.165) is 5.56 Å². The summed E-state index contributed by atoms with van der Waals surface area (Å²) < 4.78 is 10.5. The van der Waals surface area contributed by atoms with Gasteiger partial charge in [0.2, 0.25) is 11.8 Å². The Morgan fingerprint density at radius 1 is 1.13 bits per heavy atom. The molecule has 1 N–H and O–H groups in total. The molecular weight excluding hydrogens is 436 g/mol. The summed E-state index contributed by atoms with van der Waals surface area (Å²) in [6, 6.07) is 14.2. The number of nitrogens with zero attached hydrogens (tertiary/aromatic N) is 1. The molecule has 2 aliphatic rings. The van der Waals surface area contributed by atoms with E-state index in [0.29, 0.717) is 22.1 Å². The van der Waals surface area contributed by atoms with Gasteiger partial charge in [-0.15, -0.1) is 11.8 Å². The van der Waals surface area contributed by atoms with Crippen LogP contribution in [-0.4, -0.2) is 57.9 Å². The Balaban J connectivity index is 1.40. The van der Waals surface area contributed by atoms with Gasteiger partial charge in [0.25, 0.3) is 0 Å². The number of nitrogens with one attached hydrogen (secondary N) is 1. The van der Waals surface area contributed by atoms with Crippen LogP contribution < -0.4 is 14.8 Å². The molecule has 4 rings (SSSR count). The van der Waals surface area contributed by atoms with Crippen LogP contribution in [-0.2, 0) is 20.8 Å². The number of fused-ring (bicyclic) bond motifs is 1. The first kappa shape index (κ1) is 21.3. The number of methoxy groups -OCH3 is 1. The zero-order valence-electron chi connectivity index (χ0n) is 16.6. The average molecular weight is 457 g/mol. The van der Waals surface area contributed by atoms with Crippen LogP contribution in [0.2, 0.25) is 0 Å². The quantitative estimate of drug-likeness (QED) is 0.308. The summed E-state index contributed by atoms with van der Waals surface area (Å²) in [5, 5.41) is 2.44. The van der Waals surface area contributed by atoms with E-state index >= 15 is 0 Å². The lowest BCUT2D eigenvalue weighted by Gasteiger charge is -2.52. The molecule has 0 radical (unpaired) electrons. The van der Waals surface area contributed by atoms with E-state index in [1.807, 2.05) is 30.3 Å². The van der Waals surface area contributed by atoms with Crippen molar-refractivity contribution in [1.29, 1.82) is 0 Å². The van der Waals surface area contributed by atoms with Gasteiger partial charge in [-0.1, -0.05) is 42.5 Å². The number of carbonyl (C=O) groups is 3. The molecule has 2 aliphatic heterocycles. The second-order valence-electron chi connectivity index (χ2n) is 7.12. The lowest BCUT2D eigenvalue weighted by Crippen LogP contribution is -2.76. The molecule has 2 amide bonds. The smallest absolute Gasteiger partial charge is 0.339 e. The molecule has 2 heterocycles. The summed E-state index contributed by atoms with van der Waals surface area (Å²) >= 11 is 6.80. The average Bonchev–Trinajstić information content (AvgIpc) is 2.78. The second-order valence-corrected chi connectivity index (χ2v) is 8.75. The van der Waals surface area contributed by atoms with Crippen LogP contribution in [0.3, 0.4) is 0 Å². The van der Waals surface area contributed by atoms with E-state index in [1.165, 1.54) is 16.7 Å². The number of carbonyl (C=O) groups excluding carboxylic acids is 3. The molecular formula is C22H20N2O5S2. The van der Waals surface area contributed by atoms with Crippen molar-refractivity contribution in [3.05, 3.63) is 60.2 Å². The van der Waals surface area contributed by atoms with Crippen molar-refractivity contribution in [2.45, 2.75) is 23.9 Å². The van der Waals surface area contributed by atoms with Gasteiger partial charge in [-0.3, -0.25) is 9.59 Å². The number of esters is 1. The molecule has 2 aromatic rings. The van der Waals surface area contributed by atoms with E-state index < -0.39 is 18.1 Å². The standard InChI is InChI=1S/C22H20N2O5S2/c1-28-14-7-9-15(10-8-14)29-22(27)19-16(30)12-31-21-18(20(26)24(19)21)23-17(25)11-13-5-3-2-4-6-13/h2-10,18-19,21H,11-12H2,1H3,(H,23,25)/t18-,19?,21+/m1/s1. The van der Waals surface area contributed by atoms with Crippen LogP contribution in [0.4, 0.5) is 0 Å². The minimum Gasteiger partial charge on any atom is -0.497 e. The Morgan fingerprint density at radius 2 is 1.81 bits per heavy atom. The number of thioether (sulfide) groups is 1. The lowest BCUT2D eigenvalue weighted by molar-refractivity contribution is -0.157. The fourth-order valence-corrected chi connectivity index (χ4v) is 5.21. The molecule has 9 heteroatoms. The molecule has 0 aliphatic carbocycles. The van der Waals surface area contributed by atoms with Crippen molar-refractivity contribution in [2.24, 2.45) is 0 Å². The Bertz CT molecular complexity index is 1010. The first-order valence-electron chi connectivity index (χ1n) is 9.63. The van der Waals surface area contributed by atoms with Gasteiger partial charge in [0.05, 0.1) is 13.5 Å². The van der Waals surface area contributed by atoms with E-state index in [-0.39, 0.29) is 23.6 Å². The van der Waals surface area contributed by atoms with Gasteiger partial charge in [0, 0.05) is 10.6 Å². The fourth-order valence-electron chi connectivity index (χ4n) is 3.54. The van der Waals surface area contributed by atoms with E-state index in [9.17, 15) is 14.4 Å². The van der Waals surface area contributed by atoms with Gasteiger partial charge in [0.1, 0.15) is 22.9 Å². The highest BCUT2D eigenvalue weighted by Gasteiger charge is 2.57. The zero-order chi connectivity index (χ0) is 22.0. The van der Waals surface area contributed by atoms with Gasteiger partial charge in [0.15, 0.2) is 6.04 Å². The molecule has 7 nitrogen and oxygen atoms in total. The number of thiocarbonyl (C=S) groups is 1. The predicted molar refractivity (Wildman–Crippen MR) is 120 cm³/mol. The first-order chi connectivity index (χ1) is 15.0. The van der Waals surface area contributed by atoms with Crippen molar-refractivity contribution in [1.82, 2.24) is 10.2 Å². The highest BCUT2D eigenvalue weighted by atomic mass is 32.2. The maximum Gasteiger partial charge on any atom is 0.339 e. The lowest BCUT2D eigenvalue weighted by atomic mass is 10.0. The van der Waals surface area contributed by atoms with Gasteiger partial charge < -0.3 is 19.7 Å². The molecule has 0 saturated carbocycles. The molecule has 3 atom stereocenters. The van der Waals surface area contributed by atoms with Crippen LogP contribution >= 0.6 is 24.0 Å². The van der Waals surface area contributed by atoms with E-state index in [2.05, 4.69) is 5.32 Å². The summed E-state index contributed by atoms with van der Waals surface area (Å²) in [5.41, 5.74) is 0.863. The van der Waals surface area contributed by atoms with E-state index in [1.54, 1.807) is 31.4 Å². The van der Waals surface area contributed by atoms with Gasteiger partial charge in [-0.25, -0.2) is 4.79 Å². The van der Waals surface area contributed by atoms with Crippen LogP contribution in [0.25, 0.3) is 0 Å². The van der Waals surface area contributed by atoms with Crippen LogP contribution in [0.1, 0.15) is 5.56 Å². The molecule has 2 fully saturated rings. The Hall–Kier alpha value is -2.91. The number of rotatable bonds is 6. The molecule has 160 valence electrons. The van der Waals surface area contributed by atoms with Crippen molar-refractivity contribution in [3.63, 3.8) is 0 Å².